The van der Waals surface area contributed by atoms with Gasteiger partial charge in [-0.25, -0.2) is 4.98 Å². The smallest absolute Gasteiger partial charge is 0.138 e. The molecule has 4 aromatic rings. The van der Waals surface area contributed by atoms with Crippen LogP contribution in [0.25, 0.3) is 39.5 Å². The summed E-state index contributed by atoms with van der Waals surface area (Å²) < 4.78 is 1.05. The average molecular weight is 470 g/mol. The lowest BCUT2D eigenvalue weighted by Gasteiger charge is -2.18. The van der Waals surface area contributed by atoms with Crippen molar-refractivity contribution in [2.75, 3.05) is 11.9 Å². The Bertz CT molecular complexity index is 1390. The van der Waals surface area contributed by atoms with Crippen LogP contribution >= 0.6 is 15.9 Å². The van der Waals surface area contributed by atoms with E-state index in [4.69, 9.17) is 4.98 Å². The van der Waals surface area contributed by atoms with Crippen LogP contribution in [-0.2, 0) is 0 Å². The summed E-state index contributed by atoms with van der Waals surface area (Å²) >= 11 is 3.61. The van der Waals surface area contributed by atoms with E-state index in [2.05, 4.69) is 107 Å². The van der Waals surface area contributed by atoms with E-state index in [1.807, 2.05) is 6.08 Å². The SMILES string of the molecule is C=Cc1c(/C=C\C(C)C)c2ccccc2c2nc(C3=CCNc4ccc(Br)cc43)[nH]c12. The standard InChI is InChI=1S/C27H24BrN3/c1-4-18-20(11-9-16(2)3)19-7-5-6-8-21(19)26-25(18)30-27(31-26)22-13-14-29-24-12-10-17(28)15-23(22)24/h4-13,15-16,29H,1,14H2,2-3H3,(H,30,31)/b11-9-. The molecular weight excluding hydrogens is 446 g/mol. The Hall–Kier alpha value is -3.11. The zero-order chi connectivity index (χ0) is 21.5. The van der Waals surface area contributed by atoms with Gasteiger partial charge < -0.3 is 10.3 Å². The minimum absolute atomic E-state index is 0.472. The van der Waals surface area contributed by atoms with Crippen LogP contribution in [0.2, 0.25) is 0 Å². The van der Waals surface area contributed by atoms with Crippen molar-refractivity contribution in [1.29, 1.82) is 0 Å². The molecule has 2 N–H and O–H groups in total. The van der Waals surface area contributed by atoms with Gasteiger partial charge in [0.2, 0.25) is 0 Å². The molecule has 0 radical (unpaired) electrons. The molecule has 4 heteroatoms. The normalized spacial score (nSPS) is 13.6. The number of hydrogen-bond donors (Lipinski definition) is 2. The maximum absolute atomic E-state index is 5.10. The fourth-order valence-corrected chi connectivity index (χ4v) is 4.63. The lowest BCUT2D eigenvalue weighted by Crippen LogP contribution is -2.09. The van der Waals surface area contributed by atoms with E-state index in [1.54, 1.807) is 0 Å². The Morgan fingerprint density at radius 2 is 1.90 bits per heavy atom. The van der Waals surface area contributed by atoms with Gasteiger partial charge in [-0.1, -0.05) is 84.9 Å². The van der Waals surface area contributed by atoms with E-state index < -0.39 is 0 Å². The van der Waals surface area contributed by atoms with E-state index in [9.17, 15) is 0 Å². The van der Waals surface area contributed by atoms with Crippen molar-refractivity contribution in [2.45, 2.75) is 13.8 Å². The molecule has 0 spiro atoms. The largest absolute Gasteiger partial charge is 0.381 e. The third kappa shape index (κ3) is 3.41. The van der Waals surface area contributed by atoms with Crippen LogP contribution in [0.3, 0.4) is 0 Å². The number of allylic oxidation sites excluding steroid dienone is 1. The van der Waals surface area contributed by atoms with Gasteiger partial charge in [0.15, 0.2) is 0 Å². The van der Waals surface area contributed by atoms with Crippen molar-refractivity contribution >= 4 is 61.1 Å². The zero-order valence-electron chi connectivity index (χ0n) is 17.7. The van der Waals surface area contributed by atoms with Gasteiger partial charge >= 0.3 is 0 Å². The number of H-pyrrole nitrogens is 1. The van der Waals surface area contributed by atoms with E-state index in [1.165, 1.54) is 10.9 Å². The van der Waals surface area contributed by atoms with Crippen molar-refractivity contribution in [1.82, 2.24) is 9.97 Å². The highest BCUT2D eigenvalue weighted by atomic mass is 79.9. The number of rotatable bonds is 4. The molecule has 0 bridgehead atoms. The minimum atomic E-state index is 0.472. The Labute approximate surface area is 190 Å². The highest BCUT2D eigenvalue weighted by Crippen LogP contribution is 2.38. The van der Waals surface area contributed by atoms with E-state index in [0.29, 0.717) is 5.92 Å². The van der Waals surface area contributed by atoms with E-state index >= 15 is 0 Å². The summed E-state index contributed by atoms with van der Waals surface area (Å²) in [6.45, 7) is 9.29. The van der Waals surface area contributed by atoms with Gasteiger partial charge in [0.05, 0.1) is 11.0 Å². The number of anilines is 1. The summed E-state index contributed by atoms with van der Waals surface area (Å²) in [5, 5.41) is 5.80. The third-order valence-electron chi connectivity index (χ3n) is 5.71. The van der Waals surface area contributed by atoms with Crippen molar-refractivity contribution in [3.63, 3.8) is 0 Å². The number of nitrogens with one attached hydrogen (secondary N) is 2. The molecule has 3 aromatic carbocycles. The molecule has 0 aliphatic carbocycles. The molecule has 1 aliphatic heterocycles. The number of nitrogens with zero attached hydrogens (tertiary/aromatic N) is 1. The summed E-state index contributed by atoms with van der Waals surface area (Å²) in [5.41, 5.74) is 7.67. The number of aromatic nitrogens is 2. The summed E-state index contributed by atoms with van der Waals surface area (Å²) in [6.07, 6.45) is 8.60. The molecule has 5 rings (SSSR count). The highest BCUT2D eigenvalue weighted by molar-refractivity contribution is 9.10. The molecule has 2 heterocycles. The second-order valence-electron chi connectivity index (χ2n) is 8.18. The molecule has 0 fully saturated rings. The molecule has 0 saturated carbocycles. The Kier molecular flexibility index (Phi) is 5.03. The van der Waals surface area contributed by atoms with Gasteiger partial charge in [-0.3, -0.25) is 0 Å². The van der Waals surface area contributed by atoms with Crippen molar-refractivity contribution in [3.05, 3.63) is 88.2 Å². The number of halogens is 1. The third-order valence-corrected chi connectivity index (χ3v) is 6.21. The fraction of sp³-hybridized carbons (Fsp3) is 0.148. The molecular formula is C27H24BrN3. The number of hydrogen-bond acceptors (Lipinski definition) is 2. The van der Waals surface area contributed by atoms with Gasteiger partial charge in [-0.15, -0.1) is 0 Å². The number of benzene rings is 3. The monoisotopic (exact) mass is 469 g/mol. The molecule has 0 unspecified atom stereocenters. The lowest BCUT2D eigenvalue weighted by molar-refractivity contribution is 0.836. The topological polar surface area (TPSA) is 40.7 Å². The Morgan fingerprint density at radius 3 is 2.68 bits per heavy atom. The molecule has 3 nitrogen and oxygen atoms in total. The van der Waals surface area contributed by atoms with Crippen LogP contribution in [0, 0.1) is 5.92 Å². The van der Waals surface area contributed by atoms with Gasteiger partial charge in [0.25, 0.3) is 0 Å². The van der Waals surface area contributed by atoms with Gasteiger partial charge in [-0.05, 0) is 35.1 Å². The maximum atomic E-state index is 5.10. The van der Waals surface area contributed by atoms with Gasteiger partial charge in [0.1, 0.15) is 5.82 Å². The highest BCUT2D eigenvalue weighted by Gasteiger charge is 2.20. The summed E-state index contributed by atoms with van der Waals surface area (Å²) in [5.74, 6) is 1.35. The van der Waals surface area contributed by atoms with Gasteiger partial charge in [0, 0.05) is 38.8 Å². The van der Waals surface area contributed by atoms with Crippen molar-refractivity contribution < 1.29 is 0 Å². The van der Waals surface area contributed by atoms with Crippen LogP contribution in [0.4, 0.5) is 5.69 Å². The van der Waals surface area contributed by atoms with Crippen LogP contribution in [0.5, 0.6) is 0 Å². The molecule has 1 aliphatic rings. The van der Waals surface area contributed by atoms with Crippen LogP contribution in [-0.4, -0.2) is 16.5 Å². The summed E-state index contributed by atoms with van der Waals surface area (Å²) in [7, 11) is 0. The Morgan fingerprint density at radius 1 is 1.10 bits per heavy atom. The summed E-state index contributed by atoms with van der Waals surface area (Å²) in [6, 6.07) is 14.8. The Balaban J connectivity index is 1.80. The quantitative estimate of drug-likeness (QED) is 0.322. The molecule has 1 aromatic heterocycles. The second-order valence-corrected chi connectivity index (χ2v) is 9.09. The predicted octanol–water partition coefficient (Wildman–Crippen LogP) is 7.65. The molecule has 0 amide bonds. The van der Waals surface area contributed by atoms with E-state index in [0.717, 1.165) is 55.6 Å². The van der Waals surface area contributed by atoms with Crippen LogP contribution in [0.15, 0.2) is 65.7 Å². The number of imidazole rings is 1. The lowest BCUT2D eigenvalue weighted by atomic mass is 9.95. The van der Waals surface area contributed by atoms with Crippen molar-refractivity contribution in [3.8, 4) is 0 Å². The minimum Gasteiger partial charge on any atom is -0.381 e. The molecule has 154 valence electrons. The first-order chi connectivity index (χ1) is 15.1. The molecule has 31 heavy (non-hydrogen) atoms. The van der Waals surface area contributed by atoms with Crippen LogP contribution in [0.1, 0.15) is 36.4 Å². The fourth-order valence-electron chi connectivity index (χ4n) is 4.27. The van der Waals surface area contributed by atoms with Gasteiger partial charge in [-0.2, -0.15) is 0 Å². The zero-order valence-corrected chi connectivity index (χ0v) is 19.3. The summed E-state index contributed by atoms with van der Waals surface area (Å²) in [4.78, 5) is 8.74. The first-order valence-electron chi connectivity index (χ1n) is 10.6. The molecule has 0 atom stereocenters. The average Bonchev–Trinajstić information content (AvgIpc) is 3.21. The van der Waals surface area contributed by atoms with E-state index in [-0.39, 0.29) is 0 Å². The predicted molar refractivity (Wildman–Crippen MR) is 137 cm³/mol. The molecule has 0 saturated heterocycles. The second kappa shape index (κ2) is 7.86. The van der Waals surface area contributed by atoms with Crippen LogP contribution < -0.4 is 5.32 Å². The number of aromatic amines is 1. The number of fused-ring (bicyclic) bond motifs is 4. The first kappa shape index (κ1) is 19.8. The maximum Gasteiger partial charge on any atom is 0.138 e. The van der Waals surface area contributed by atoms with Crippen molar-refractivity contribution in [2.24, 2.45) is 5.92 Å². The first-order valence-corrected chi connectivity index (χ1v) is 11.4.